The SMILES string of the molecule is CN(C=O)c1ccc(C(=O)c2cccc(Cl)c2)cc1. The zero-order chi connectivity index (χ0) is 13.8. The molecule has 3 nitrogen and oxygen atoms in total. The molecule has 0 saturated heterocycles. The highest BCUT2D eigenvalue weighted by atomic mass is 35.5. The zero-order valence-electron chi connectivity index (χ0n) is 10.3. The molecule has 0 aliphatic carbocycles. The molecule has 0 radical (unpaired) electrons. The summed E-state index contributed by atoms with van der Waals surface area (Å²) in [7, 11) is 1.65. The van der Waals surface area contributed by atoms with Gasteiger partial charge < -0.3 is 4.90 Å². The Balaban J connectivity index is 2.27. The van der Waals surface area contributed by atoms with E-state index in [1.807, 2.05) is 0 Å². The molecular weight excluding hydrogens is 262 g/mol. The second-order valence-electron chi connectivity index (χ2n) is 4.10. The number of ketones is 1. The predicted molar refractivity (Wildman–Crippen MR) is 75.8 cm³/mol. The van der Waals surface area contributed by atoms with Crippen molar-refractivity contribution in [2.45, 2.75) is 0 Å². The second kappa shape index (κ2) is 5.67. The van der Waals surface area contributed by atoms with E-state index < -0.39 is 0 Å². The molecule has 4 heteroatoms. The van der Waals surface area contributed by atoms with E-state index in [1.165, 1.54) is 4.90 Å². The van der Waals surface area contributed by atoms with Crippen LogP contribution < -0.4 is 4.90 Å². The summed E-state index contributed by atoms with van der Waals surface area (Å²) in [5.74, 6) is -0.0946. The van der Waals surface area contributed by atoms with Crippen LogP contribution >= 0.6 is 11.6 Å². The second-order valence-corrected chi connectivity index (χ2v) is 4.54. The largest absolute Gasteiger partial charge is 0.318 e. The van der Waals surface area contributed by atoms with Crippen LogP contribution in [0.15, 0.2) is 48.5 Å². The van der Waals surface area contributed by atoms with E-state index in [0.717, 1.165) is 5.69 Å². The van der Waals surface area contributed by atoms with E-state index in [9.17, 15) is 9.59 Å². The smallest absolute Gasteiger partial charge is 0.213 e. The molecule has 0 unspecified atom stereocenters. The van der Waals surface area contributed by atoms with Gasteiger partial charge in [-0.25, -0.2) is 0 Å². The molecule has 19 heavy (non-hydrogen) atoms. The molecular formula is C15H12ClNO2. The average Bonchev–Trinajstić information content (AvgIpc) is 2.46. The van der Waals surface area contributed by atoms with E-state index in [4.69, 9.17) is 11.6 Å². The fourth-order valence-electron chi connectivity index (χ4n) is 1.71. The minimum Gasteiger partial charge on any atom is -0.318 e. The molecule has 2 aromatic carbocycles. The summed E-state index contributed by atoms with van der Waals surface area (Å²) in [6.45, 7) is 0. The summed E-state index contributed by atoms with van der Waals surface area (Å²) in [4.78, 5) is 24.3. The van der Waals surface area contributed by atoms with Crippen LogP contribution in [-0.4, -0.2) is 19.2 Å². The van der Waals surface area contributed by atoms with Crippen molar-refractivity contribution in [1.82, 2.24) is 0 Å². The van der Waals surface area contributed by atoms with E-state index >= 15 is 0 Å². The number of benzene rings is 2. The fourth-order valence-corrected chi connectivity index (χ4v) is 1.90. The van der Waals surface area contributed by atoms with Gasteiger partial charge in [-0.2, -0.15) is 0 Å². The molecule has 2 aromatic rings. The molecule has 0 atom stereocenters. The molecule has 0 aliphatic heterocycles. The summed E-state index contributed by atoms with van der Waals surface area (Å²) in [6.07, 6.45) is 0.716. The first-order valence-corrected chi connectivity index (χ1v) is 6.08. The average molecular weight is 274 g/mol. The maximum Gasteiger partial charge on any atom is 0.213 e. The topological polar surface area (TPSA) is 37.4 Å². The lowest BCUT2D eigenvalue weighted by Gasteiger charge is -2.10. The molecule has 0 N–H and O–H groups in total. The van der Waals surface area contributed by atoms with Gasteiger partial charge in [-0.3, -0.25) is 9.59 Å². The number of hydrogen-bond acceptors (Lipinski definition) is 2. The molecule has 0 aliphatic rings. The van der Waals surface area contributed by atoms with Crippen molar-refractivity contribution in [3.63, 3.8) is 0 Å². The van der Waals surface area contributed by atoms with Crippen LogP contribution in [0.3, 0.4) is 0 Å². The first kappa shape index (κ1) is 13.3. The first-order chi connectivity index (χ1) is 9.11. The molecule has 0 aromatic heterocycles. The van der Waals surface area contributed by atoms with Crippen LogP contribution in [0.4, 0.5) is 5.69 Å². The van der Waals surface area contributed by atoms with Crippen molar-refractivity contribution < 1.29 is 9.59 Å². The number of amides is 1. The number of carbonyl (C=O) groups is 2. The highest BCUT2D eigenvalue weighted by Crippen LogP contribution is 2.17. The molecule has 0 fully saturated rings. The van der Waals surface area contributed by atoms with Crippen LogP contribution in [0.1, 0.15) is 15.9 Å². The Morgan fingerprint density at radius 2 is 1.79 bits per heavy atom. The van der Waals surface area contributed by atoms with Gasteiger partial charge in [-0.05, 0) is 36.4 Å². The summed E-state index contributed by atoms with van der Waals surface area (Å²) in [5, 5.41) is 0.531. The third kappa shape index (κ3) is 3.01. The Morgan fingerprint density at radius 1 is 1.11 bits per heavy atom. The Morgan fingerprint density at radius 3 is 2.37 bits per heavy atom. The van der Waals surface area contributed by atoms with E-state index in [1.54, 1.807) is 55.6 Å². The van der Waals surface area contributed by atoms with Gasteiger partial charge >= 0.3 is 0 Å². The van der Waals surface area contributed by atoms with Gasteiger partial charge in [0.15, 0.2) is 5.78 Å². The van der Waals surface area contributed by atoms with Gasteiger partial charge in [-0.1, -0.05) is 23.7 Å². The van der Waals surface area contributed by atoms with Crippen molar-refractivity contribution in [2.75, 3.05) is 11.9 Å². The Kier molecular flexibility index (Phi) is 3.97. The monoisotopic (exact) mass is 273 g/mol. The van der Waals surface area contributed by atoms with Crippen molar-refractivity contribution in [2.24, 2.45) is 0 Å². The minimum atomic E-state index is -0.0946. The normalized spacial score (nSPS) is 10.0. The van der Waals surface area contributed by atoms with Crippen molar-refractivity contribution in [3.05, 3.63) is 64.7 Å². The van der Waals surface area contributed by atoms with Crippen LogP contribution in [0, 0.1) is 0 Å². The minimum absolute atomic E-state index is 0.0946. The molecule has 0 heterocycles. The highest BCUT2D eigenvalue weighted by Gasteiger charge is 2.09. The quantitative estimate of drug-likeness (QED) is 0.634. The number of anilines is 1. The van der Waals surface area contributed by atoms with Gasteiger partial charge in [-0.15, -0.1) is 0 Å². The zero-order valence-corrected chi connectivity index (χ0v) is 11.1. The van der Waals surface area contributed by atoms with E-state index in [0.29, 0.717) is 22.6 Å². The first-order valence-electron chi connectivity index (χ1n) is 5.70. The van der Waals surface area contributed by atoms with Crippen molar-refractivity contribution in [1.29, 1.82) is 0 Å². The molecule has 1 amide bonds. The summed E-state index contributed by atoms with van der Waals surface area (Å²) in [6, 6.07) is 13.7. The van der Waals surface area contributed by atoms with E-state index in [2.05, 4.69) is 0 Å². The van der Waals surface area contributed by atoms with Gasteiger partial charge in [0.05, 0.1) is 0 Å². The lowest BCUT2D eigenvalue weighted by atomic mass is 10.0. The summed E-state index contributed by atoms with van der Waals surface area (Å²) in [5.41, 5.74) is 1.84. The third-order valence-electron chi connectivity index (χ3n) is 2.78. The van der Waals surface area contributed by atoms with Crippen molar-refractivity contribution in [3.8, 4) is 0 Å². The van der Waals surface area contributed by atoms with Gasteiger partial charge in [0.25, 0.3) is 0 Å². The van der Waals surface area contributed by atoms with Gasteiger partial charge in [0.2, 0.25) is 6.41 Å². The van der Waals surface area contributed by atoms with Gasteiger partial charge in [0, 0.05) is 28.9 Å². The number of halogens is 1. The fraction of sp³-hybridized carbons (Fsp3) is 0.0667. The van der Waals surface area contributed by atoms with Crippen LogP contribution in [0.25, 0.3) is 0 Å². The maximum atomic E-state index is 12.2. The Hall–Kier alpha value is -2.13. The summed E-state index contributed by atoms with van der Waals surface area (Å²) >= 11 is 5.86. The van der Waals surface area contributed by atoms with Crippen LogP contribution in [0.5, 0.6) is 0 Å². The lowest BCUT2D eigenvalue weighted by Crippen LogP contribution is -2.13. The third-order valence-corrected chi connectivity index (χ3v) is 3.02. The van der Waals surface area contributed by atoms with Crippen molar-refractivity contribution >= 4 is 29.5 Å². The van der Waals surface area contributed by atoms with Crippen LogP contribution in [-0.2, 0) is 4.79 Å². The molecule has 0 spiro atoms. The molecule has 96 valence electrons. The number of rotatable bonds is 4. The summed E-state index contributed by atoms with van der Waals surface area (Å²) < 4.78 is 0. The molecule has 0 bridgehead atoms. The van der Waals surface area contributed by atoms with Gasteiger partial charge in [0.1, 0.15) is 0 Å². The number of carbonyl (C=O) groups excluding carboxylic acids is 2. The maximum absolute atomic E-state index is 12.2. The molecule has 2 rings (SSSR count). The number of nitrogens with zero attached hydrogens (tertiary/aromatic N) is 1. The Bertz CT molecular complexity index is 608. The lowest BCUT2D eigenvalue weighted by molar-refractivity contribution is -0.107. The number of hydrogen-bond donors (Lipinski definition) is 0. The molecule has 0 saturated carbocycles. The standard InChI is InChI=1S/C15H12ClNO2/c1-17(10-18)14-7-5-11(6-8-14)15(19)12-3-2-4-13(16)9-12/h2-10H,1H3. The Labute approximate surface area is 116 Å². The van der Waals surface area contributed by atoms with Crippen LogP contribution in [0.2, 0.25) is 5.02 Å². The predicted octanol–water partition coefficient (Wildman–Crippen LogP) is 3.16. The highest BCUT2D eigenvalue weighted by molar-refractivity contribution is 6.31. The van der Waals surface area contributed by atoms with E-state index in [-0.39, 0.29) is 5.78 Å².